The van der Waals surface area contributed by atoms with Gasteiger partial charge in [0.05, 0.1) is 0 Å². The summed E-state index contributed by atoms with van der Waals surface area (Å²) in [5.41, 5.74) is 4.62. The van der Waals surface area contributed by atoms with Crippen molar-refractivity contribution >= 4 is 11.8 Å². The van der Waals surface area contributed by atoms with Crippen molar-refractivity contribution in [2.45, 2.75) is 12.8 Å². The lowest BCUT2D eigenvalue weighted by Gasteiger charge is -2.13. The Kier molecular flexibility index (Phi) is 2.02. The van der Waals surface area contributed by atoms with Crippen molar-refractivity contribution < 1.29 is 0 Å². The summed E-state index contributed by atoms with van der Waals surface area (Å²) in [6, 6.07) is 0. The average molecular weight is 162 g/mol. The summed E-state index contributed by atoms with van der Waals surface area (Å²) >= 11 is 1.95. The second-order valence-corrected chi connectivity index (χ2v) is 3.82. The van der Waals surface area contributed by atoms with Gasteiger partial charge in [0.25, 0.3) is 0 Å². The lowest BCUT2D eigenvalue weighted by molar-refractivity contribution is 0.926. The molecule has 0 fully saturated rings. The SMILES string of the molecule is C1=CC=CC2=C(C=1)SCCC2. The van der Waals surface area contributed by atoms with Crippen LogP contribution >= 0.6 is 11.8 Å². The highest BCUT2D eigenvalue weighted by atomic mass is 32.2. The third kappa shape index (κ3) is 1.50. The van der Waals surface area contributed by atoms with Crippen molar-refractivity contribution in [1.29, 1.82) is 0 Å². The molecule has 0 radical (unpaired) electrons. The highest BCUT2D eigenvalue weighted by Gasteiger charge is 2.08. The normalized spacial score (nSPS) is 21.8. The number of hydrogen-bond acceptors (Lipinski definition) is 1. The van der Waals surface area contributed by atoms with Crippen molar-refractivity contribution in [3.8, 4) is 0 Å². The van der Waals surface area contributed by atoms with Gasteiger partial charge < -0.3 is 0 Å². The summed E-state index contributed by atoms with van der Waals surface area (Å²) in [4.78, 5) is 1.42. The molecule has 0 atom stereocenters. The summed E-state index contributed by atoms with van der Waals surface area (Å²) in [6.45, 7) is 0. The van der Waals surface area contributed by atoms with Gasteiger partial charge >= 0.3 is 0 Å². The fourth-order valence-electron chi connectivity index (χ4n) is 1.30. The van der Waals surface area contributed by atoms with Gasteiger partial charge in [-0.15, -0.1) is 17.5 Å². The van der Waals surface area contributed by atoms with Crippen LogP contribution in [0.15, 0.2) is 40.5 Å². The predicted molar refractivity (Wildman–Crippen MR) is 50.5 cm³/mol. The maximum absolute atomic E-state index is 3.13. The molecule has 0 saturated carbocycles. The first kappa shape index (κ1) is 7.02. The molecule has 1 heterocycles. The minimum absolute atomic E-state index is 1.24. The summed E-state index contributed by atoms with van der Waals surface area (Å²) in [5.74, 6) is 1.27. The van der Waals surface area contributed by atoms with Gasteiger partial charge in [-0.05, 0) is 36.3 Å². The Morgan fingerprint density at radius 2 is 2.45 bits per heavy atom. The van der Waals surface area contributed by atoms with Crippen molar-refractivity contribution in [3.63, 3.8) is 0 Å². The minimum atomic E-state index is 1.24. The lowest BCUT2D eigenvalue weighted by Crippen LogP contribution is -1.93. The van der Waals surface area contributed by atoms with Crippen molar-refractivity contribution in [2.24, 2.45) is 0 Å². The number of rotatable bonds is 0. The van der Waals surface area contributed by atoms with Crippen LogP contribution in [0.1, 0.15) is 12.8 Å². The van der Waals surface area contributed by atoms with E-state index in [0.29, 0.717) is 0 Å². The van der Waals surface area contributed by atoms with E-state index in [4.69, 9.17) is 0 Å². The first-order chi connectivity index (χ1) is 5.47. The Bertz CT molecular complexity index is 275. The molecule has 2 aliphatic rings. The summed E-state index contributed by atoms with van der Waals surface area (Å²) in [7, 11) is 0. The van der Waals surface area contributed by atoms with Crippen LogP contribution in [-0.4, -0.2) is 5.75 Å². The van der Waals surface area contributed by atoms with E-state index in [0.717, 1.165) is 0 Å². The second kappa shape index (κ2) is 3.17. The van der Waals surface area contributed by atoms with Crippen molar-refractivity contribution in [3.05, 3.63) is 40.5 Å². The highest BCUT2D eigenvalue weighted by molar-refractivity contribution is 8.03. The fourth-order valence-corrected chi connectivity index (χ4v) is 2.32. The number of thioether (sulfide) groups is 1. The molecule has 0 spiro atoms. The molecule has 0 bridgehead atoms. The van der Waals surface area contributed by atoms with E-state index in [1.54, 1.807) is 0 Å². The Morgan fingerprint density at radius 3 is 3.45 bits per heavy atom. The van der Waals surface area contributed by atoms with Gasteiger partial charge in [-0.1, -0.05) is 12.2 Å². The maximum atomic E-state index is 3.13. The van der Waals surface area contributed by atoms with Gasteiger partial charge in [0.2, 0.25) is 0 Å². The summed E-state index contributed by atoms with van der Waals surface area (Å²) in [5, 5.41) is 0. The van der Waals surface area contributed by atoms with Gasteiger partial charge in [-0.25, -0.2) is 0 Å². The van der Waals surface area contributed by atoms with Gasteiger partial charge in [0.1, 0.15) is 0 Å². The standard InChI is InChI=1S/C10H10S/c1-2-5-9-6-4-8-11-10(9)7-3-1/h1-2,5,7H,4,6,8H2. The van der Waals surface area contributed by atoms with E-state index in [2.05, 4.69) is 24.0 Å². The van der Waals surface area contributed by atoms with Crippen LogP contribution in [0.4, 0.5) is 0 Å². The Balaban J connectivity index is 2.38. The average Bonchev–Trinajstić information content (AvgIpc) is 2.28. The molecule has 0 N–H and O–H groups in total. The largest absolute Gasteiger partial charge is 0.125 e. The molecule has 0 unspecified atom stereocenters. The minimum Gasteiger partial charge on any atom is -0.125 e. The molecule has 0 aromatic rings. The zero-order valence-corrected chi connectivity index (χ0v) is 7.16. The first-order valence-electron chi connectivity index (χ1n) is 3.92. The van der Waals surface area contributed by atoms with E-state index >= 15 is 0 Å². The Morgan fingerprint density at radius 1 is 1.45 bits per heavy atom. The Labute approximate surface area is 71.4 Å². The smallest absolute Gasteiger partial charge is 0.0181 e. The van der Waals surface area contributed by atoms with E-state index in [-0.39, 0.29) is 0 Å². The van der Waals surface area contributed by atoms with Gasteiger partial charge in [-0.3, -0.25) is 0 Å². The van der Waals surface area contributed by atoms with Crippen LogP contribution in [0.5, 0.6) is 0 Å². The topological polar surface area (TPSA) is 0 Å². The molecule has 56 valence electrons. The molecule has 1 heteroatoms. The molecule has 0 saturated heterocycles. The zero-order chi connectivity index (χ0) is 7.52. The molecular formula is C10H10S. The third-order valence-corrected chi connectivity index (χ3v) is 3.05. The van der Waals surface area contributed by atoms with E-state index in [1.807, 2.05) is 17.8 Å². The molecule has 0 aromatic carbocycles. The molecule has 1 aliphatic heterocycles. The molecule has 2 rings (SSSR count). The van der Waals surface area contributed by atoms with Crippen LogP contribution in [0.25, 0.3) is 0 Å². The molecular weight excluding hydrogens is 152 g/mol. The van der Waals surface area contributed by atoms with Crippen LogP contribution in [0.2, 0.25) is 0 Å². The monoisotopic (exact) mass is 162 g/mol. The van der Waals surface area contributed by atoms with Crippen molar-refractivity contribution in [2.75, 3.05) is 5.75 Å². The zero-order valence-electron chi connectivity index (χ0n) is 6.34. The number of allylic oxidation sites excluding steroid dienone is 4. The third-order valence-electron chi connectivity index (χ3n) is 1.87. The van der Waals surface area contributed by atoms with Crippen LogP contribution in [-0.2, 0) is 0 Å². The van der Waals surface area contributed by atoms with E-state index < -0.39 is 0 Å². The lowest BCUT2D eigenvalue weighted by atomic mass is 10.1. The Hall–Kier alpha value is -0.650. The van der Waals surface area contributed by atoms with Gasteiger partial charge in [0, 0.05) is 4.91 Å². The van der Waals surface area contributed by atoms with E-state index in [1.165, 1.54) is 29.1 Å². The molecule has 0 amide bonds. The highest BCUT2D eigenvalue weighted by Crippen LogP contribution is 2.31. The summed E-state index contributed by atoms with van der Waals surface area (Å²) < 4.78 is 0. The quantitative estimate of drug-likeness (QED) is 0.493. The van der Waals surface area contributed by atoms with Gasteiger partial charge in [-0.2, -0.15) is 0 Å². The van der Waals surface area contributed by atoms with Crippen LogP contribution in [0, 0.1) is 0 Å². The maximum Gasteiger partial charge on any atom is 0.0181 e. The molecule has 1 aliphatic carbocycles. The fraction of sp³-hybridized carbons (Fsp3) is 0.300. The molecule has 0 nitrogen and oxygen atoms in total. The van der Waals surface area contributed by atoms with Crippen molar-refractivity contribution in [1.82, 2.24) is 0 Å². The second-order valence-electron chi connectivity index (χ2n) is 2.68. The van der Waals surface area contributed by atoms with E-state index in [9.17, 15) is 0 Å². The van der Waals surface area contributed by atoms with Crippen LogP contribution < -0.4 is 0 Å². The van der Waals surface area contributed by atoms with Gasteiger partial charge in [0.15, 0.2) is 0 Å². The molecule has 11 heavy (non-hydrogen) atoms. The number of hydrogen-bond donors (Lipinski definition) is 0. The van der Waals surface area contributed by atoms with Crippen LogP contribution in [0.3, 0.4) is 0 Å². The predicted octanol–water partition coefficient (Wildman–Crippen LogP) is 3.05. The first-order valence-corrected chi connectivity index (χ1v) is 4.90. The summed E-state index contributed by atoms with van der Waals surface area (Å²) in [6.07, 6.45) is 10.9. The molecule has 0 aromatic heterocycles.